The van der Waals surface area contributed by atoms with Crippen LogP contribution in [0.25, 0.3) is 0 Å². The number of benzene rings is 1. The molecule has 0 saturated carbocycles. The molecule has 28 heavy (non-hydrogen) atoms. The highest BCUT2D eigenvalue weighted by Gasteiger charge is 2.45. The van der Waals surface area contributed by atoms with Gasteiger partial charge in [-0.05, 0) is 60.8 Å². The number of hydrogen-bond acceptors (Lipinski definition) is 2. The topological polar surface area (TPSA) is 58.2 Å². The second-order valence-electron chi connectivity index (χ2n) is 8.61. The zero-order valence-electron chi connectivity index (χ0n) is 17.1. The molecule has 7 heteroatoms. The van der Waals surface area contributed by atoms with Crippen LogP contribution in [-0.2, 0) is 21.4 Å². The van der Waals surface area contributed by atoms with Gasteiger partial charge in [0.1, 0.15) is 12.0 Å². The first-order valence-electron chi connectivity index (χ1n) is 9.56. The highest BCUT2D eigenvalue weighted by atomic mass is 19.4. The molecule has 1 heterocycles. The lowest BCUT2D eigenvalue weighted by molar-refractivity contribution is -0.171. The highest BCUT2D eigenvalue weighted by molar-refractivity contribution is 6.00. The fourth-order valence-electron chi connectivity index (χ4n) is 3.56. The van der Waals surface area contributed by atoms with Crippen molar-refractivity contribution in [3.8, 4) is 0 Å². The Kier molecular flexibility index (Phi) is 6.46. The molecule has 2 atom stereocenters. The molecule has 0 radical (unpaired) electrons. The summed E-state index contributed by atoms with van der Waals surface area (Å²) in [6.07, 6.45) is -4.25. The Bertz CT molecular complexity index is 728. The Hall–Kier alpha value is -2.05. The summed E-state index contributed by atoms with van der Waals surface area (Å²) in [5, 5.41) is 4.61. The van der Waals surface area contributed by atoms with Crippen LogP contribution >= 0.6 is 0 Å². The van der Waals surface area contributed by atoms with E-state index >= 15 is 0 Å². The summed E-state index contributed by atoms with van der Waals surface area (Å²) in [5.74, 6) is -2.43. The summed E-state index contributed by atoms with van der Waals surface area (Å²) in [6, 6.07) is 2.43. The Morgan fingerprint density at radius 1 is 1.14 bits per heavy atom. The molecule has 1 fully saturated rings. The monoisotopic (exact) mass is 398 g/mol. The number of nitrogens with one attached hydrogen (secondary N) is 2. The molecule has 0 bridgehead atoms. The number of rotatable bonds is 4. The maximum absolute atomic E-state index is 12.7. The standard InChI is InChI=1S/C21H29F3N2O2/c1-12-10-14(20(3,4)5)11-13(2)15(12)8-9-25-18(27)16-6-7-17(21(22,23)24)26-19(16)28/h10-11,16-17H,6-9H2,1-5H3,(H,25,27)(H,26,28)/t16-,17+/m0/s1. The number of halogens is 3. The molecule has 0 aliphatic carbocycles. The molecule has 1 aliphatic rings. The number of piperidine rings is 1. The van der Waals surface area contributed by atoms with Crippen molar-refractivity contribution in [1.82, 2.24) is 10.6 Å². The minimum atomic E-state index is -4.48. The average Bonchev–Trinajstić information content (AvgIpc) is 2.55. The second-order valence-corrected chi connectivity index (χ2v) is 8.61. The first-order chi connectivity index (χ1) is 12.8. The molecule has 0 aromatic heterocycles. The molecule has 2 N–H and O–H groups in total. The van der Waals surface area contributed by atoms with Crippen LogP contribution in [0.3, 0.4) is 0 Å². The fourth-order valence-corrected chi connectivity index (χ4v) is 3.56. The number of amides is 2. The summed E-state index contributed by atoms with van der Waals surface area (Å²) in [7, 11) is 0. The number of aryl methyl sites for hydroxylation is 2. The Morgan fingerprint density at radius 3 is 2.18 bits per heavy atom. The lowest BCUT2D eigenvalue weighted by Crippen LogP contribution is -2.54. The first kappa shape index (κ1) is 22.2. The third kappa shape index (κ3) is 5.26. The lowest BCUT2D eigenvalue weighted by Gasteiger charge is -2.29. The Balaban J connectivity index is 1.94. The maximum atomic E-state index is 12.7. The minimum Gasteiger partial charge on any atom is -0.355 e. The summed E-state index contributed by atoms with van der Waals surface area (Å²) in [5.41, 5.74) is 4.71. The van der Waals surface area contributed by atoms with E-state index in [-0.39, 0.29) is 18.3 Å². The van der Waals surface area contributed by atoms with E-state index in [0.29, 0.717) is 13.0 Å². The van der Waals surface area contributed by atoms with Crippen molar-refractivity contribution < 1.29 is 22.8 Å². The van der Waals surface area contributed by atoms with E-state index in [1.165, 1.54) is 5.56 Å². The van der Waals surface area contributed by atoms with Gasteiger partial charge in [0.25, 0.3) is 0 Å². The quantitative estimate of drug-likeness (QED) is 0.760. The SMILES string of the molecule is Cc1cc(C(C)(C)C)cc(C)c1CCNC(=O)[C@@H]1CC[C@H](C(F)(F)F)NC1=O. The largest absolute Gasteiger partial charge is 0.408 e. The third-order valence-electron chi connectivity index (χ3n) is 5.32. The van der Waals surface area contributed by atoms with Gasteiger partial charge in [-0.25, -0.2) is 0 Å². The molecule has 0 unspecified atom stereocenters. The van der Waals surface area contributed by atoms with Gasteiger partial charge in [-0.15, -0.1) is 0 Å². The second kappa shape index (κ2) is 8.13. The van der Waals surface area contributed by atoms with Gasteiger partial charge in [0, 0.05) is 6.54 Å². The molecule has 4 nitrogen and oxygen atoms in total. The van der Waals surface area contributed by atoms with E-state index in [1.54, 1.807) is 0 Å². The van der Waals surface area contributed by atoms with Gasteiger partial charge in [-0.2, -0.15) is 13.2 Å². The average molecular weight is 398 g/mol. The smallest absolute Gasteiger partial charge is 0.355 e. The van der Waals surface area contributed by atoms with Crippen molar-refractivity contribution >= 4 is 11.8 Å². The van der Waals surface area contributed by atoms with Gasteiger partial charge in [-0.1, -0.05) is 32.9 Å². The van der Waals surface area contributed by atoms with Gasteiger partial charge in [0.05, 0.1) is 0 Å². The van der Waals surface area contributed by atoms with Crippen LogP contribution in [0.1, 0.15) is 55.9 Å². The summed E-state index contributed by atoms with van der Waals surface area (Å²) >= 11 is 0. The van der Waals surface area contributed by atoms with Crippen molar-refractivity contribution in [3.05, 3.63) is 34.4 Å². The van der Waals surface area contributed by atoms with E-state index in [1.807, 2.05) is 19.2 Å². The summed E-state index contributed by atoms with van der Waals surface area (Å²) in [6.45, 7) is 10.9. The molecule has 1 saturated heterocycles. The van der Waals surface area contributed by atoms with E-state index in [9.17, 15) is 22.8 Å². The summed E-state index contributed by atoms with van der Waals surface area (Å²) in [4.78, 5) is 24.2. The molecule has 156 valence electrons. The van der Waals surface area contributed by atoms with Crippen LogP contribution in [-0.4, -0.2) is 30.6 Å². The fraction of sp³-hybridized carbons (Fsp3) is 0.619. The number of hydrogen-bond donors (Lipinski definition) is 2. The molecule has 2 amide bonds. The highest BCUT2D eigenvalue weighted by Crippen LogP contribution is 2.29. The van der Waals surface area contributed by atoms with Gasteiger partial charge in [-0.3, -0.25) is 9.59 Å². The number of carbonyl (C=O) groups is 2. The van der Waals surface area contributed by atoms with Gasteiger partial charge in [0.2, 0.25) is 11.8 Å². The Labute approximate surface area is 164 Å². The molecule has 1 aromatic rings. The van der Waals surface area contributed by atoms with E-state index in [4.69, 9.17) is 0 Å². The number of alkyl halides is 3. The molecule has 0 spiro atoms. The van der Waals surface area contributed by atoms with E-state index in [2.05, 4.69) is 38.2 Å². The maximum Gasteiger partial charge on any atom is 0.408 e. The molecular weight excluding hydrogens is 369 g/mol. The number of carbonyl (C=O) groups excluding carboxylic acids is 2. The van der Waals surface area contributed by atoms with Crippen LogP contribution in [0.2, 0.25) is 0 Å². The molecule has 1 aliphatic heterocycles. The minimum absolute atomic E-state index is 0.0465. The first-order valence-corrected chi connectivity index (χ1v) is 9.56. The molecule has 2 rings (SSSR count). The van der Waals surface area contributed by atoms with Crippen molar-refractivity contribution in [2.24, 2.45) is 5.92 Å². The normalized spacial score (nSPS) is 20.6. The van der Waals surface area contributed by atoms with Crippen LogP contribution in [0.5, 0.6) is 0 Å². The van der Waals surface area contributed by atoms with Crippen molar-refractivity contribution in [3.63, 3.8) is 0 Å². The van der Waals surface area contributed by atoms with Crippen molar-refractivity contribution in [1.29, 1.82) is 0 Å². The van der Waals surface area contributed by atoms with Crippen LogP contribution in [0, 0.1) is 19.8 Å². The van der Waals surface area contributed by atoms with Crippen LogP contribution in [0.15, 0.2) is 12.1 Å². The zero-order valence-corrected chi connectivity index (χ0v) is 17.1. The van der Waals surface area contributed by atoms with E-state index in [0.717, 1.165) is 16.7 Å². The predicted octanol–water partition coefficient (Wildman–Crippen LogP) is 3.72. The van der Waals surface area contributed by atoms with Gasteiger partial charge in [0.15, 0.2) is 0 Å². The van der Waals surface area contributed by atoms with E-state index < -0.39 is 30.0 Å². The van der Waals surface area contributed by atoms with Gasteiger partial charge < -0.3 is 10.6 Å². The van der Waals surface area contributed by atoms with Crippen LogP contribution < -0.4 is 10.6 Å². The van der Waals surface area contributed by atoms with Crippen molar-refractivity contribution in [2.45, 2.75) is 71.5 Å². The molecule has 1 aromatic carbocycles. The third-order valence-corrected chi connectivity index (χ3v) is 5.32. The summed E-state index contributed by atoms with van der Waals surface area (Å²) < 4.78 is 38.1. The lowest BCUT2D eigenvalue weighted by atomic mass is 9.83. The zero-order chi connectivity index (χ0) is 21.3. The van der Waals surface area contributed by atoms with Gasteiger partial charge >= 0.3 is 6.18 Å². The van der Waals surface area contributed by atoms with Crippen molar-refractivity contribution in [2.75, 3.05) is 6.54 Å². The van der Waals surface area contributed by atoms with Crippen LogP contribution in [0.4, 0.5) is 13.2 Å². The predicted molar refractivity (Wildman–Crippen MR) is 102 cm³/mol. The molecular formula is C21H29F3N2O2. The Morgan fingerprint density at radius 2 is 1.71 bits per heavy atom.